The Balaban J connectivity index is 1.15. The number of piperazine rings is 1. The Hall–Kier alpha value is -2.71. The number of carbonyl (C=O) groups excluding carboxylic acids is 1. The van der Waals surface area contributed by atoms with Crippen LogP contribution in [-0.4, -0.2) is 65.1 Å². The number of nitrogens with zero attached hydrogens (tertiary/aromatic N) is 4. The molecule has 2 saturated heterocycles. The summed E-state index contributed by atoms with van der Waals surface area (Å²) in [6.07, 6.45) is 1.95. The fraction of sp³-hybridized carbons (Fsp3) is 0.462. The highest BCUT2D eigenvalue weighted by Crippen LogP contribution is 2.32. The smallest absolute Gasteiger partial charge is 0.317 e. The SMILES string of the molecule is C[C@@H]1CN(c2nc3ccc(F)cc3s2)[C@@H](C)CN1C(=O)NC1CCN(Cc2ccccc2)CC1. The number of rotatable bonds is 4. The third kappa shape index (κ3) is 5.03. The first kappa shape index (κ1) is 23.1. The van der Waals surface area contributed by atoms with E-state index in [-0.39, 0.29) is 30.0 Å². The number of urea groups is 1. The molecule has 180 valence electrons. The number of aromatic nitrogens is 1. The lowest BCUT2D eigenvalue weighted by Crippen LogP contribution is -2.61. The van der Waals surface area contributed by atoms with E-state index in [9.17, 15) is 9.18 Å². The van der Waals surface area contributed by atoms with Crippen molar-refractivity contribution < 1.29 is 9.18 Å². The molecule has 5 rings (SSSR count). The molecule has 2 atom stereocenters. The van der Waals surface area contributed by atoms with Crippen LogP contribution >= 0.6 is 11.3 Å². The summed E-state index contributed by atoms with van der Waals surface area (Å²) in [4.78, 5) is 24.5. The monoisotopic (exact) mass is 481 g/mol. The summed E-state index contributed by atoms with van der Waals surface area (Å²) in [6.45, 7) is 8.54. The van der Waals surface area contributed by atoms with Gasteiger partial charge in [-0.25, -0.2) is 14.2 Å². The molecule has 2 aliphatic rings. The Kier molecular flexibility index (Phi) is 6.70. The minimum atomic E-state index is -0.239. The lowest BCUT2D eigenvalue weighted by atomic mass is 10.0. The third-order valence-electron chi connectivity index (χ3n) is 7.00. The highest BCUT2D eigenvalue weighted by atomic mass is 32.1. The molecular formula is C26H32FN5OS. The second-order valence-electron chi connectivity index (χ2n) is 9.60. The molecule has 2 amide bonds. The number of nitrogens with one attached hydrogen (secondary N) is 1. The van der Waals surface area contributed by atoms with Gasteiger partial charge in [-0.3, -0.25) is 4.90 Å². The number of piperidine rings is 1. The number of anilines is 1. The van der Waals surface area contributed by atoms with E-state index in [2.05, 4.69) is 53.2 Å². The molecule has 3 heterocycles. The van der Waals surface area contributed by atoms with Gasteiger partial charge < -0.3 is 15.1 Å². The van der Waals surface area contributed by atoms with Crippen LogP contribution in [0.3, 0.4) is 0 Å². The van der Waals surface area contributed by atoms with Gasteiger partial charge in [0, 0.05) is 50.8 Å². The minimum absolute atomic E-state index is 0.0341. The molecule has 1 aromatic heterocycles. The van der Waals surface area contributed by atoms with Crippen molar-refractivity contribution in [2.24, 2.45) is 0 Å². The first-order valence-electron chi connectivity index (χ1n) is 12.1. The second kappa shape index (κ2) is 9.88. The third-order valence-corrected chi connectivity index (χ3v) is 8.05. The molecule has 0 aliphatic carbocycles. The summed E-state index contributed by atoms with van der Waals surface area (Å²) in [6, 6.07) is 15.7. The molecule has 1 N–H and O–H groups in total. The molecule has 2 fully saturated rings. The van der Waals surface area contributed by atoms with Gasteiger partial charge in [-0.05, 0) is 50.5 Å². The van der Waals surface area contributed by atoms with E-state index in [4.69, 9.17) is 4.98 Å². The van der Waals surface area contributed by atoms with Crippen LogP contribution in [-0.2, 0) is 6.54 Å². The zero-order valence-electron chi connectivity index (χ0n) is 19.8. The zero-order valence-corrected chi connectivity index (χ0v) is 20.6. The van der Waals surface area contributed by atoms with Crippen LogP contribution in [0.25, 0.3) is 10.2 Å². The molecule has 2 aromatic carbocycles. The van der Waals surface area contributed by atoms with E-state index in [0.717, 1.165) is 47.8 Å². The number of halogens is 1. The number of benzene rings is 2. The van der Waals surface area contributed by atoms with Crippen molar-refractivity contribution in [2.75, 3.05) is 31.1 Å². The Morgan fingerprint density at radius 3 is 2.62 bits per heavy atom. The van der Waals surface area contributed by atoms with Crippen molar-refractivity contribution in [1.29, 1.82) is 0 Å². The number of fused-ring (bicyclic) bond motifs is 1. The fourth-order valence-corrected chi connectivity index (χ4v) is 6.12. The molecule has 0 unspecified atom stereocenters. The van der Waals surface area contributed by atoms with E-state index in [1.54, 1.807) is 12.1 Å². The highest BCUT2D eigenvalue weighted by Gasteiger charge is 2.34. The van der Waals surface area contributed by atoms with E-state index in [0.29, 0.717) is 13.1 Å². The number of likely N-dealkylation sites (tertiary alicyclic amines) is 1. The molecule has 0 radical (unpaired) electrons. The summed E-state index contributed by atoms with van der Waals surface area (Å²) in [7, 11) is 0. The zero-order chi connectivity index (χ0) is 23.7. The summed E-state index contributed by atoms with van der Waals surface area (Å²) in [5.74, 6) is -0.239. The molecule has 0 saturated carbocycles. The Morgan fingerprint density at radius 1 is 1.09 bits per heavy atom. The largest absolute Gasteiger partial charge is 0.342 e. The number of hydrogen-bond donors (Lipinski definition) is 1. The van der Waals surface area contributed by atoms with Crippen LogP contribution in [0.4, 0.5) is 14.3 Å². The predicted molar refractivity (Wildman–Crippen MR) is 136 cm³/mol. The van der Waals surface area contributed by atoms with Crippen LogP contribution in [0.2, 0.25) is 0 Å². The van der Waals surface area contributed by atoms with Crippen molar-refractivity contribution in [1.82, 2.24) is 20.1 Å². The molecule has 2 aliphatic heterocycles. The van der Waals surface area contributed by atoms with Crippen molar-refractivity contribution >= 4 is 32.7 Å². The van der Waals surface area contributed by atoms with E-state index < -0.39 is 0 Å². The van der Waals surface area contributed by atoms with Gasteiger partial charge >= 0.3 is 6.03 Å². The quantitative estimate of drug-likeness (QED) is 0.587. The lowest BCUT2D eigenvalue weighted by molar-refractivity contribution is 0.145. The van der Waals surface area contributed by atoms with Crippen LogP contribution in [0.1, 0.15) is 32.3 Å². The van der Waals surface area contributed by atoms with Gasteiger partial charge in [0.25, 0.3) is 0 Å². The molecule has 34 heavy (non-hydrogen) atoms. The first-order chi connectivity index (χ1) is 16.5. The maximum Gasteiger partial charge on any atom is 0.317 e. The van der Waals surface area contributed by atoms with E-state index >= 15 is 0 Å². The van der Waals surface area contributed by atoms with Gasteiger partial charge in [-0.1, -0.05) is 41.7 Å². The average molecular weight is 482 g/mol. The first-order valence-corrected chi connectivity index (χ1v) is 12.9. The number of hydrogen-bond acceptors (Lipinski definition) is 5. The Labute approximate surface area is 204 Å². The predicted octanol–water partition coefficient (Wildman–Crippen LogP) is 4.71. The van der Waals surface area contributed by atoms with Crippen LogP contribution in [0.5, 0.6) is 0 Å². The van der Waals surface area contributed by atoms with Gasteiger partial charge in [-0.2, -0.15) is 0 Å². The Bertz CT molecular complexity index is 1130. The van der Waals surface area contributed by atoms with Gasteiger partial charge in [0.2, 0.25) is 0 Å². The van der Waals surface area contributed by atoms with Gasteiger partial charge in [0.15, 0.2) is 5.13 Å². The van der Waals surface area contributed by atoms with Crippen molar-refractivity contribution in [3.63, 3.8) is 0 Å². The summed E-state index contributed by atoms with van der Waals surface area (Å²) in [5, 5.41) is 4.19. The van der Waals surface area contributed by atoms with Crippen LogP contribution < -0.4 is 10.2 Å². The fourth-order valence-electron chi connectivity index (χ4n) is 5.02. The van der Waals surface area contributed by atoms with E-state index in [1.807, 2.05) is 11.0 Å². The van der Waals surface area contributed by atoms with Crippen molar-refractivity contribution in [3.05, 3.63) is 59.9 Å². The number of thiazole rings is 1. The number of amides is 2. The normalized spacial score (nSPS) is 22.3. The minimum Gasteiger partial charge on any atom is -0.342 e. The second-order valence-corrected chi connectivity index (χ2v) is 10.6. The van der Waals surface area contributed by atoms with Crippen molar-refractivity contribution in [2.45, 2.75) is 51.4 Å². The van der Waals surface area contributed by atoms with Crippen LogP contribution in [0.15, 0.2) is 48.5 Å². The average Bonchev–Trinajstić information content (AvgIpc) is 3.25. The van der Waals surface area contributed by atoms with Gasteiger partial charge in [-0.15, -0.1) is 0 Å². The summed E-state index contributed by atoms with van der Waals surface area (Å²) in [5.41, 5.74) is 2.16. The molecule has 0 bridgehead atoms. The molecule has 8 heteroatoms. The highest BCUT2D eigenvalue weighted by molar-refractivity contribution is 7.22. The molecule has 3 aromatic rings. The molecular weight excluding hydrogens is 449 g/mol. The Morgan fingerprint density at radius 2 is 1.85 bits per heavy atom. The standard InChI is InChI=1S/C26H32FN5OS/c1-18-16-32(26-29-23-9-8-21(27)14-24(23)34-26)19(2)15-31(18)25(33)28-22-10-12-30(13-11-22)17-20-6-4-3-5-7-20/h3-9,14,18-19,22H,10-13,15-17H2,1-2H3,(H,28,33)/t18-,19+/m1/s1. The number of carbonyl (C=O) groups is 1. The maximum absolute atomic E-state index is 13.6. The van der Waals surface area contributed by atoms with Crippen LogP contribution in [0, 0.1) is 5.82 Å². The van der Waals surface area contributed by atoms with Gasteiger partial charge in [0.1, 0.15) is 5.82 Å². The maximum atomic E-state index is 13.6. The molecule has 0 spiro atoms. The van der Waals surface area contributed by atoms with E-state index in [1.165, 1.54) is 23.0 Å². The lowest BCUT2D eigenvalue weighted by Gasteiger charge is -2.44. The summed E-state index contributed by atoms with van der Waals surface area (Å²) >= 11 is 1.51. The van der Waals surface area contributed by atoms with Crippen molar-refractivity contribution in [3.8, 4) is 0 Å². The van der Waals surface area contributed by atoms with Gasteiger partial charge in [0.05, 0.1) is 10.2 Å². The molecule has 6 nitrogen and oxygen atoms in total. The summed E-state index contributed by atoms with van der Waals surface area (Å²) < 4.78 is 14.4. The topological polar surface area (TPSA) is 51.7 Å².